The third-order valence-electron chi connectivity index (χ3n) is 2.96. The van der Waals surface area contributed by atoms with Gasteiger partial charge in [-0.25, -0.2) is 4.79 Å². The molecule has 0 aromatic carbocycles. The van der Waals surface area contributed by atoms with Gasteiger partial charge in [-0.05, 0) is 31.9 Å². The Labute approximate surface area is 135 Å². The van der Waals surface area contributed by atoms with Crippen LogP contribution in [0.2, 0.25) is 0 Å². The molecular formula is C11H12Br2N2O6. The summed E-state index contributed by atoms with van der Waals surface area (Å²) in [4.78, 5) is 25.2. The van der Waals surface area contributed by atoms with Crippen LogP contribution in [-0.4, -0.2) is 43.1 Å². The predicted octanol–water partition coefficient (Wildman–Crippen LogP) is -0.201. The topological polar surface area (TPSA) is 114 Å². The predicted molar refractivity (Wildman–Crippen MR) is 78.9 cm³/mol. The van der Waals surface area contributed by atoms with Crippen molar-refractivity contribution in [3.8, 4) is 0 Å². The van der Waals surface area contributed by atoms with Crippen LogP contribution in [0.5, 0.6) is 0 Å². The molecule has 0 radical (unpaired) electrons. The molecule has 1 saturated heterocycles. The first-order chi connectivity index (χ1) is 9.86. The van der Waals surface area contributed by atoms with Gasteiger partial charge in [-0.1, -0.05) is 6.58 Å². The van der Waals surface area contributed by atoms with Crippen LogP contribution in [0.3, 0.4) is 0 Å². The lowest BCUT2D eigenvalue weighted by Crippen LogP contribution is -2.38. The number of aromatic nitrogens is 2. The van der Waals surface area contributed by atoms with Crippen LogP contribution < -0.4 is 11.2 Å². The third kappa shape index (κ3) is 3.14. The summed E-state index contributed by atoms with van der Waals surface area (Å²) in [6, 6.07) is 0. The molecular weight excluding hydrogens is 416 g/mol. The van der Waals surface area contributed by atoms with Gasteiger partial charge in [-0.3, -0.25) is 14.3 Å². The Balaban J connectivity index is 2.34. The van der Waals surface area contributed by atoms with Gasteiger partial charge < -0.3 is 19.7 Å². The summed E-state index contributed by atoms with van der Waals surface area (Å²) in [5.41, 5.74) is -1.37. The van der Waals surface area contributed by atoms with Gasteiger partial charge in [-0.2, -0.15) is 0 Å². The number of nitrogens with zero attached hydrogens (tertiary/aromatic N) is 1. The molecule has 1 unspecified atom stereocenters. The van der Waals surface area contributed by atoms with Crippen molar-refractivity contribution >= 4 is 31.9 Å². The summed E-state index contributed by atoms with van der Waals surface area (Å²) < 4.78 is 11.6. The van der Waals surface area contributed by atoms with Crippen LogP contribution in [0.25, 0.3) is 0 Å². The average molecular weight is 428 g/mol. The molecule has 0 amide bonds. The zero-order valence-electron chi connectivity index (χ0n) is 10.5. The van der Waals surface area contributed by atoms with E-state index in [0.29, 0.717) is 0 Å². The molecule has 0 spiro atoms. The Morgan fingerprint density at radius 3 is 2.76 bits per heavy atom. The molecule has 1 fully saturated rings. The van der Waals surface area contributed by atoms with E-state index in [0.717, 1.165) is 10.8 Å². The smallest absolute Gasteiger partial charge is 0.330 e. The minimum atomic E-state index is -1.38. The number of ether oxygens (including phenoxy) is 2. The molecule has 1 aliphatic heterocycles. The summed E-state index contributed by atoms with van der Waals surface area (Å²) in [7, 11) is 0. The number of rotatable bonds is 4. The SMILES string of the molecule is C=COC(Br)[C@H]1O[C@@H](n2cc(Br)c(=O)[nH]c2=O)[C@H](O)[C@@H]1O. The molecule has 3 N–H and O–H groups in total. The van der Waals surface area contributed by atoms with Gasteiger partial charge >= 0.3 is 5.69 Å². The number of aliphatic hydroxyl groups excluding tert-OH is 2. The lowest BCUT2D eigenvalue weighted by molar-refractivity contribution is -0.0636. The second-order valence-electron chi connectivity index (χ2n) is 4.27. The Hall–Kier alpha value is -0.940. The van der Waals surface area contributed by atoms with Crippen molar-refractivity contribution in [1.29, 1.82) is 0 Å². The summed E-state index contributed by atoms with van der Waals surface area (Å²) in [6.07, 6.45) is -2.43. The van der Waals surface area contributed by atoms with Crippen molar-refractivity contribution < 1.29 is 19.7 Å². The van der Waals surface area contributed by atoms with Crippen LogP contribution in [0.4, 0.5) is 0 Å². The maximum absolute atomic E-state index is 11.8. The van der Waals surface area contributed by atoms with Gasteiger partial charge in [0.1, 0.15) is 18.3 Å². The van der Waals surface area contributed by atoms with Gasteiger partial charge in [-0.15, -0.1) is 0 Å². The number of halogens is 2. The third-order valence-corrected chi connectivity index (χ3v) is 4.26. The summed E-state index contributed by atoms with van der Waals surface area (Å²) in [5.74, 6) is 0. The Morgan fingerprint density at radius 2 is 2.14 bits per heavy atom. The van der Waals surface area contributed by atoms with Gasteiger partial charge in [0.25, 0.3) is 5.56 Å². The second kappa shape index (κ2) is 6.44. The van der Waals surface area contributed by atoms with E-state index in [9.17, 15) is 19.8 Å². The number of H-pyrrole nitrogens is 1. The van der Waals surface area contributed by atoms with Crippen LogP contribution in [0, 0.1) is 0 Å². The average Bonchev–Trinajstić information content (AvgIpc) is 2.71. The Bertz CT molecular complexity index is 644. The monoisotopic (exact) mass is 426 g/mol. The molecule has 10 heteroatoms. The van der Waals surface area contributed by atoms with Crippen LogP contribution in [0.15, 0.2) is 33.1 Å². The van der Waals surface area contributed by atoms with Crippen molar-refractivity contribution in [3.63, 3.8) is 0 Å². The fourth-order valence-corrected chi connectivity index (χ4v) is 2.86. The quantitative estimate of drug-likeness (QED) is 0.453. The maximum Gasteiger partial charge on any atom is 0.330 e. The molecule has 116 valence electrons. The zero-order chi connectivity index (χ0) is 15.7. The van der Waals surface area contributed by atoms with Crippen molar-refractivity contribution in [2.75, 3.05) is 0 Å². The second-order valence-corrected chi connectivity index (χ2v) is 6.03. The van der Waals surface area contributed by atoms with Crippen LogP contribution in [0.1, 0.15) is 6.23 Å². The van der Waals surface area contributed by atoms with E-state index in [1.54, 1.807) is 0 Å². The van der Waals surface area contributed by atoms with Crippen molar-refractivity contribution in [3.05, 3.63) is 44.3 Å². The summed E-state index contributed by atoms with van der Waals surface area (Å²) in [5, 5.41) is 19.3. The van der Waals surface area contributed by atoms with Crippen molar-refractivity contribution in [2.24, 2.45) is 0 Å². The van der Waals surface area contributed by atoms with Gasteiger partial charge in [0, 0.05) is 6.20 Å². The first kappa shape index (κ1) is 16.4. The first-order valence-electron chi connectivity index (χ1n) is 5.79. The molecule has 1 aromatic rings. The fraction of sp³-hybridized carbons (Fsp3) is 0.455. The highest BCUT2D eigenvalue weighted by Gasteiger charge is 2.47. The minimum Gasteiger partial charge on any atom is -0.485 e. The molecule has 0 saturated carbocycles. The molecule has 0 aliphatic carbocycles. The largest absolute Gasteiger partial charge is 0.485 e. The highest BCUT2D eigenvalue weighted by atomic mass is 79.9. The molecule has 21 heavy (non-hydrogen) atoms. The van der Waals surface area contributed by atoms with E-state index >= 15 is 0 Å². The van der Waals surface area contributed by atoms with E-state index in [2.05, 4.69) is 43.4 Å². The van der Waals surface area contributed by atoms with Crippen LogP contribution in [-0.2, 0) is 9.47 Å². The number of hydrogen-bond acceptors (Lipinski definition) is 6. The normalized spacial score (nSPS) is 30.1. The molecule has 8 nitrogen and oxygen atoms in total. The Morgan fingerprint density at radius 1 is 1.48 bits per heavy atom. The summed E-state index contributed by atoms with van der Waals surface area (Å²) >= 11 is 6.11. The summed E-state index contributed by atoms with van der Waals surface area (Å²) in [6.45, 7) is 3.38. The molecule has 1 aromatic heterocycles. The molecule has 1 aliphatic rings. The molecule has 2 heterocycles. The number of aliphatic hydroxyl groups is 2. The van der Waals surface area contributed by atoms with E-state index < -0.39 is 40.8 Å². The Kier molecular flexibility index (Phi) is 5.04. The number of alkyl halides is 1. The van der Waals surface area contributed by atoms with E-state index in [1.165, 1.54) is 6.20 Å². The minimum absolute atomic E-state index is 0.0913. The van der Waals surface area contributed by atoms with Crippen molar-refractivity contribution in [2.45, 2.75) is 29.6 Å². The van der Waals surface area contributed by atoms with Gasteiger partial charge in [0.05, 0.1) is 10.7 Å². The number of hydrogen-bond donors (Lipinski definition) is 3. The highest BCUT2D eigenvalue weighted by molar-refractivity contribution is 9.10. The zero-order valence-corrected chi connectivity index (χ0v) is 13.7. The number of nitrogens with one attached hydrogen (secondary N) is 1. The van der Waals surface area contributed by atoms with E-state index in [-0.39, 0.29) is 4.47 Å². The standard InChI is InChI=1S/C11H12Br2N2O6/c1-2-20-8(13)7-5(16)6(17)10(21-7)15-3-4(12)9(18)14-11(15)19/h2-3,5-8,10,16-17H,1H2,(H,14,18,19)/t5-,6+,7-,8?,10+/m0/s1. The van der Waals surface area contributed by atoms with Gasteiger partial charge in [0.2, 0.25) is 0 Å². The van der Waals surface area contributed by atoms with Crippen molar-refractivity contribution in [1.82, 2.24) is 9.55 Å². The highest BCUT2D eigenvalue weighted by Crippen LogP contribution is 2.33. The fourth-order valence-electron chi connectivity index (χ4n) is 1.95. The lowest BCUT2D eigenvalue weighted by atomic mass is 10.1. The van der Waals surface area contributed by atoms with Gasteiger partial charge in [0.15, 0.2) is 11.2 Å². The molecule has 2 rings (SSSR count). The van der Waals surface area contributed by atoms with Crippen LogP contribution >= 0.6 is 31.9 Å². The number of aromatic amines is 1. The van der Waals surface area contributed by atoms with E-state index in [4.69, 9.17) is 9.47 Å². The molecule has 0 bridgehead atoms. The first-order valence-corrected chi connectivity index (χ1v) is 7.50. The lowest BCUT2D eigenvalue weighted by Gasteiger charge is -2.19. The molecule has 5 atom stereocenters. The van der Waals surface area contributed by atoms with E-state index in [1.807, 2.05) is 0 Å². The maximum atomic E-state index is 11.8.